The summed E-state index contributed by atoms with van der Waals surface area (Å²) in [4.78, 5) is 24.0. The molecule has 2 amide bonds. The van der Waals surface area contributed by atoms with Gasteiger partial charge in [0.1, 0.15) is 4.88 Å². The van der Waals surface area contributed by atoms with Crippen LogP contribution in [0, 0.1) is 12.8 Å². The normalized spacial score (nSPS) is 23.0. The highest BCUT2D eigenvalue weighted by Crippen LogP contribution is 2.29. The van der Waals surface area contributed by atoms with Crippen molar-refractivity contribution in [2.45, 2.75) is 32.2 Å². The average Bonchev–Trinajstić information content (AvgIpc) is 2.88. The van der Waals surface area contributed by atoms with E-state index in [1.54, 1.807) is 0 Å². The zero-order chi connectivity index (χ0) is 13.3. The summed E-state index contributed by atoms with van der Waals surface area (Å²) in [6.45, 7) is 1.94. The molecule has 98 valence electrons. The van der Waals surface area contributed by atoms with Gasteiger partial charge in [-0.05, 0) is 46.6 Å². The summed E-state index contributed by atoms with van der Waals surface area (Å²) in [6, 6.07) is -0.121. The lowest BCUT2D eigenvalue weighted by Gasteiger charge is -2.17. The van der Waals surface area contributed by atoms with Crippen molar-refractivity contribution in [3.05, 3.63) is 20.3 Å². The minimum atomic E-state index is -0.320. The number of halogens is 1. The molecule has 0 aliphatic heterocycles. The molecule has 0 radical (unpaired) electrons. The lowest BCUT2D eigenvalue weighted by molar-refractivity contribution is -0.122. The quantitative estimate of drug-likeness (QED) is 0.891. The van der Waals surface area contributed by atoms with Gasteiger partial charge in [0, 0.05) is 10.5 Å². The highest BCUT2D eigenvalue weighted by Gasteiger charge is 2.33. The zero-order valence-electron chi connectivity index (χ0n) is 10.0. The van der Waals surface area contributed by atoms with E-state index in [0.29, 0.717) is 4.88 Å². The molecule has 1 aliphatic rings. The molecule has 1 aromatic rings. The number of primary amides is 1. The van der Waals surface area contributed by atoms with Gasteiger partial charge in [-0.1, -0.05) is 6.42 Å². The van der Waals surface area contributed by atoms with Crippen molar-refractivity contribution in [3.63, 3.8) is 0 Å². The van der Waals surface area contributed by atoms with Crippen LogP contribution in [0.4, 0.5) is 0 Å². The zero-order valence-corrected chi connectivity index (χ0v) is 12.4. The second-order valence-electron chi connectivity index (χ2n) is 4.58. The Kier molecular flexibility index (Phi) is 4.07. The highest BCUT2D eigenvalue weighted by atomic mass is 79.9. The van der Waals surface area contributed by atoms with Crippen LogP contribution < -0.4 is 11.1 Å². The molecule has 0 spiro atoms. The maximum absolute atomic E-state index is 12.1. The maximum atomic E-state index is 12.1. The van der Waals surface area contributed by atoms with E-state index in [1.807, 2.05) is 12.3 Å². The summed E-state index contributed by atoms with van der Waals surface area (Å²) in [6.07, 6.45) is 2.52. The standard InChI is InChI=1S/C12H15BrN2O2S/c1-6-5-18-10(9(6)13)12(17)15-8-4-2-3-7(8)11(14)16/h5,7-8H,2-4H2,1H3,(H2,14,16)(H,15,17). The van der Waals surface area contributed by atoms with Gasteiger partial charge in [-0.25, -0.2) is 0 Å². The molecule has 6 heteroatoms. The van der Waals surface area contributed by atoms with Crippen molar-refractivity contribution < 1.29 is 9.59 Å². The number of hydrogen-bond donors (Lipinski definition) is 2. The number of rotatable bonds is 3. The summed E-state index contributed by atoms with van der Waals surface area (Å²) < 4.78 is 0.832. The Hall–Kier alpha value is -0.880. The van der Waals surface area contributed by atoms with Crippen molar-refractivity contribution in [3.8, 4) is 0 Å². The molecule has 2 rings (SSSR count). The second-order valence-corrected chi connectivity index (χ2v) is 6.25. The first-order valence-electron chi connectivity index (χ1n) is 5.84. The van der Waals surface area contributed by atoms with E-state index in [-0.39, 0.29) is 23.8 Å². The third kappa shape index (κ3) is 2.59. The Morgan fingerprint density at radius 3 is 2.78 bits per heavy atom. The Balaban J connectivity index is 2.08. The molecular formula is C12H15BrN2O2S. The van der Waals surface area contributed by atoms with Crippen molar-refractivity contribution in [2.24, 2.45) is 11.7 Å². The van der Waals surface area contributed by atoms with Crippen LogP contribution in [0.1, 0.15) is 34.5 Å². The van der Waals surface area contributed by atoms with Gasteiger partial charge >= 0.3 is 0 Å². The third-order valence-electron chi connectivity index (χ3n) is 3.30. The van der Waals surface area contributed by atoms with Crippen LogP contribution in [0.2, 0.25) is 0 Å². The van der Waals surface area contributed by atoms with Gasteiger partial charge < -0.3 is 11.1 Å². The molecule has 1 heterocycles. The fourth-order valence-electron chi connectivity index (χ4n) is 2.29. The number of aryl methyl sites for hydroxylation is 1. The number of amides is 2. The van der Waals surface area contributed by atoms with Gasteiger partial charge in [-0.15, -0.1) is 11.3 Å². The SMILES string of the molecule is Cc1csc(C(=O)NC2CCCC2C(N)=O)c1Br. The van der Waals surface area contributed by atoms with Gasteiger partial charge in [0.2, 0.25) is 5.91 Å². The first-order valence-corrected chi connectivity index (χ1v) is 7.51. The molecule has 2 atom stereocenters. The first-order chi connectivity index (χ1) is 8.50. The number of carbonyl (C=O) groups excluding carboxylic acids is 2. The molecule has 18 heavy (non-hydrogen) atoms. The summed E-state index contributed by atoms with van der Waals surface area (Å²) in [5.74, 6) is -0.675. The Bertz CT molecular complexity index is 486. The van der Waals surface area contributed by atoms with Gasteiger partial charge in [0.15, 0.2) is 0 Å². The minimum absolute atomic E-state index is 0.121. The number of hydrogen-bond acceptors (Lipinski definition) is 3. The first kappa shape index (κ1) is 13.5. The topological polar surface area (TPSA) is 72.2 Å². The van der Waals surface area contributed by atoms with Crippen LogP contribution >= 0.6 is 27.3 Å². The van der Waals surface area contributed by atoms with E-state index in [1.165, 1.54) is 11.3 Å². The van der Waals surface area contributed by atoms with E-state index < -0.39 is 0 Å². The van der Waals surface area contributed by atoms with E-state index in [2.05, 4.69) is 21.2 Å². The predicted octanol–water partition coefficient (Wildman–Crippen LogP) is 2.20. The fraction of sp³-hybridized carbons (Fsp3) is 0.500. The van der Waals surface area contributed by atoms with Crippen LogP contribution in [0.15, 0.2) is 9.85 Å². The Morgan fingerprint density at radius 1 is 1.50 bits per heavy atom. The van der Waals surface area contributed by atoms with Gasteiger partial charge in [0.05, 0.1) is 5.92 Å². The lowest BCUT2D eigenvalue weighted by atomic mass is 10.0. The van der Waals surface area contributed by atoms with Crippen LogP contribution in [0.5, 0.6) is 0 Å². The van der Waals surface area contributed by atoms with E-state index in [4.69, 9.17) is 5.73 Å². The summed E-state index contributed by atoms with van der Waals surface area (Å²) in [5, 5.41) is 4.85. The van der Waals surface area contributed by atoms with Gasteiger partial charge in [0.25, 0.3) is 5.91 Å². The van der Waals surface area contributed by atoms with Crippen LogP contribution in [-0.4, -0.2) is 17.9 Å². The summed E-state index contributed by atoms with van der Waals surface area (Å²) in [5.41, 5.74) is 6.38. The molecule has 1 saturated carbocycles. The van der Waals surface area contributed by atoms with Crippen LogP contribution in [0.3, 0.4) is 0 Å². The van der Waals surface area contributed by atoms with Gasteiger partial charge in [-0.3, -0.25) is 9.59 Å². The molecule has 3 N–H and O–H groups in total. The largest absolute Gasteiger partial charge is 0.369 e. The molecule has 0 saturated heterocycles. The predicted molar refractivity (Wildman–Crippen MR) is 74.5 cm³/mol. The number of carbonyl (C=O) groups is 2. The smallest absolute Gasteiger partial charge is 0.262 e. The fourth-order valence-corrected chi connectivity index (χ4v) is 3.86. The van der Waals surface area contributed by atoms with E-state index >= 15 is 0 Å². The molecule has 1 fully saturated rings. The summed E-state index contributed by atoms with van der Waals surface area (Å²) >= 11 is 4.80. The molecule has 0 aromatic carbocycles. The molecule has 2 unspecified atom stereocenters. The van der Waals surface area contributed by atoms with Crippen LogP contribution in [-0.2, 0) is 4.79 Å². The molecule has 4 nitrogen and oxygen atoms in total. The average molecular weight is 331 g/mol. The second kappa shape index (κ2) is 5.40. The lowest BCUT2D eigenvalue weighted by Crippen LogP contribution is -2.42. The number of nitrogens with one attached hydrogen (secondary N) is 1. The third-order valence-corrected chi connectivity index (χ3v) is 5.68. The van der Waals surface area contributed by atoms with Crippen molar-refractivity contribution in [1.29, 1.82) is 0 Å². The number of nitrogens with two attached hydrogens (primary N) is 1. The monoisotopic (exact) mass is 330 g/mol. The van der Waals surface area contributed by atoms with Crippen molar-refractivity contribution in [2.75, 3.05) is 0 Å². The molecule has 0 bridgehead atoms. The van der Waals surface area contributed by atoms with E-state index in [9.17, 15) is 9.59 Å². The molecule has 1 aromatic heterocycles. The maximum Gasteiger partial charge on any atom is 0.262 e. The van der Waals surface area contributed by atoms with Gasteiger partial charge in [-0.2, -0.15) is 0 Å². The Labute approximate surface area is 118 Å². The minimum Gasteiger partial charge on any atom is -0.369 e. The molecule has 1 aliphatic carbocycles. The highest BCUT2D eigenvalue weighted by molar-refractivity contribution is 9.10. The van der Waals surface area contributed by atoms with Crippen molar-refractivity contribution in [1.82, 2.24) is 5.32 Å². The summed E-state index contributed by atoms with van der Waals surface area (Å²) in [7, 11) is 0. The Morgan fingerprint density at radius 2 is 2.22 bits per heavy atom. The number of thiophene rings is 1. The molecular weight excluding hydrogens is 316 g/mol. The van der Waals surface area contributed by atoms with Crippen LogP contribution in [0.25, 0.3) is 0 Å². The van der Waals surface area contributed by atoms with E-state index in [0.717, 1.165) is 29.3 Å². The van der Waals surface area contributed by atoms with Crippen molar-refractivity contribution >= 4 is 39.1 Å².